The Morgan fingerprint density at radius 2 is 1.83 bits per heavy atom. The van der Waals surface area contributed by atoms with Crippen LogP contribution in [0.25, 0.3) is 0 Å². The highest BCUT2D eigenvalue weighted by molar-refractivity contribution is 8.01. The lowest BCUT2D eigenvalue weighted by Crippen LogP contribution is -2.39. The first-order valence-corrected chi connectivity index (χ1v) is 14.2. The molecular weight excluding hydrogens is 496 g/mol. The molecule has 36 heavy (non-hydrogen) atoms. The predicted molar refractivity (Wildman–Crippen MR) is 142 cm³/mol. The molecular formula is C26H26N4O4S2. The lowest BCUT2D eigenvalue weighted by atomic mass is 10.1. The number of sulfone groups is 1. The number of hydrogen-bond acceptors (Lipinski definition) is 8. The highest BCUT2D eigenvalue weighted by Crippen LogP contribution is 2.32. The van der Waals surface area contributed by atoms with Gasteiger partial charge >= 0.3 is 0 Å². The number of aldehydes is 1. The standard InChI is InChI=1S/C26H26N4O4S2/c1-3-23-25(19-8-12-22(13-9-19)36(2,33)34)29-30(24(17-31)35-23)16-18-6-10-21(11-7-18)28-26(32)20-5-4-14-27-15-20/h4-15,17,23-24H,3,16H2,1-2H3,(H,28,32). The van der Waals surface area contributed by atoms with E-state index in [1.807, 2.05) is 19.1 Å². The third-order valence-corrected chi connectivity index (χ3v) is 8.33. The number of nitrogens with zero attached hydrogens (tertiary/aromatic N) is 3. The van der Waals surface area contributed by atoms with E-state index in [1.165, 1.54) is 24.2 Å². The first kappa shape index (κ1) is 25.6. The van der Waals surface area contributed by atoms with Gasteiger partial charge in [0.25, 0.3) is 5.91 Å². The Bertz CT molecular complexity index is 1360. The van der Waals surface area contributed by atoms with Crippen LogP contribution in [0.5, 0.6) is 0 Å². The summed E-state index contributed by atoms with van der Waals surface area (Å²) in [6.07, 6.45) is 5.96. The number of rotatable bonds is 8. The summed E-state index contributed by atoms with van der Waals surface area (Å²) in [4.78, 5) is 28.4. The predicted octanol–water partition coefficient (Wildman–Crippen LogP) is 3.99. The number of thioether (sulfide) groups is 1. The Hall–Kier alpha value is -3.50. The topological polar surface area (TPSA) is 109 Å². The molecule has 1 aliphatic heterocycles. The van der Waals surface area contributed by atoms with Crippen LogP contribution in [-0.4, -0.2) is 53.2 Å². The van der Waals surface area contributed by atoms with Gasteiger partial charge in [-0.1, -0.05) is 31.2 Å². The van der Waals surface area contributed by atoms with E-state index in [9.17, 15) is 18.0 Å². The first-order chi connectivity index (χ1) is 17.3. The van der Waals surface area contributed by atoms with Crippen LogP contribution in [0.4, 0.5) is 5.69 Å². The molecule has 0 radical (unpaired) electrons. The number of amides is 1. The molecule has 0 saturated carbocycles. The summed E-state index contributed by atoms with van der Waals surface area (Å²) in [7, 11) is -3.29. The number of aromatic nitrogens is 1. The molecule has 0 aliphatic carbocycles. The molecule has 2 aromatic carbocycles. The summed E-state index contributed by atoms with van der Waals surface area (Å²) in [5.41, 5.74) is 3.67. The van der Waals surface area contributed by atoms with Crippen LogP contribution in [0.2, 0.25) is 0 Å². The number of benzene rings is 2. The van der Waals surface area contributed by atoms with Gasteiger partial charge in [0.1, 0.15) is 5.37 Å². The maximum absolute atomic E-state index is 12.4. The summed E-state index contributed by atoms with van der Waals surface area (Å²) in [6.45, 7) is 2.43. The van der Waals surface area contributed by atoms with E-state index in [0.29, 0.717) is 17.8 Å². The average Bonchev–Trinajstić information content (AvgIpc) is 2.89. The van der Waals surface area contributed by atoms with Crippen molar-refractivity contribution in [2.75, 3.05) is 11.6 Å². The zero-order valence-electron chi connectivity index (χ0n) is 19.9. The molecule has 186 valence electrons. The van der Waals surface area contributed by atoms with Gasteiger partial charge in [0.05, 0.1) is 28.0 Å². The van der Waals surface area contributed by atoms with Gasteiger partial charge in [0, 0.05) is 24.3 Å². The van der Waals surface area contributed by atoms with Gasteiger partial charge < -0.3 is 10.1 Å². The van der Waals surface area contributed by atoms with Crippen LogP contribution in [0.15, 0.2) is 83.1 Å². The molecule has 10 heteroatoms. The van der Waals surface area contributed by atoms with Crippen molar-refractivity contribution < 1.29 is 18.0 Å². The summed E-state index contributed by atoms with van der Waals surface area (Å²) in [5, 5.41) is 8.97. The minimum Gasteiger partial charge on any atom is -0.322 e. The van der Waals surface area contributed by atoms with Crippen LogP contribution in [0.3, 0.4) is 0 Å². The average molecular weight is 523 g/mol. The largest absolute Gasteiger partial charge is 0.322 e. The van der Waals surface area contributed by atoms with E-state index in [-0.39, 0.29) is 16.1 Å². The molecule has 0 spiro atoms. The van der Waals surface area contributed by atoms with E-state index < -0.39 is 15.2 Å². The van der Waals surface area contributed by atoms with Gasteiger partial charge in [0.2, 0.25) is 0 Å². The van der Waals surface area contributed by atoms with Crippen molar-refractivity contribution in [3.8, 4) is 0 Å². The Balaban J connectivity index is 1.53. The number of anilines is 1. The van der Waals surface area contributed by atoms with Crippen LogP contribution in [0, 0.1) is 0 Å². The number of nitrogens with one attached hydrogen (secondary N) is 1. The normalized spacial score (nSPS) is 17.8. The molecule has 1 N–H and O–H groups in total. The minimum atomic E-state index is -3.29. The molecule has 2 heterocycles. The fourth-order valence-electron chi connectivity index (χ4n) is 3.78. The second kappa shape index (κ2) is 11.0. The van der Waals surface area contributed by atoms with Crippen LogP contribution in [0.1, 0.15) is 34.8 Å². The fourth-order valence-corrected chi connectivity index (χ4v) is 5.58. The Labute approximate surface area is 214 Å². The smallest absolute Gasteiger partial charge is 0.257 e. The number of carbonyl (C=O) groups is 2. The summed E-state index contributed by atoms with van der Waals surface area (Å²) >= 11 is 1.53. The quantitative estimate of drug-likeness (QED) is 0.446. The molecule has 2 atom stereocenters. The van der Waals surface area contributed by atoms with Crippen LogP contribution >= 0.6 is 11.8 Å². The molecule has 0 saturated heterocycles. The second-order valence-corrected chi connectivity index (χ2v) is 11.7. The van der Waals surface area contributed by atoms with Crippen molar-refractivity contribution in [2.45, 2.75) is 35.4 Å². The van der Waals surface area contributed by atoms with Gasteiger partial charge in [-0.25, -0.2) is 8.42 Å². The number of pyridine rings is 1. The molecule has 0 bridgehead atoms. The third kappa shape index (κ3) is 6.00. The van der Waals surface area contributed by atoms with Crippen molar-refractivity contribution in [1.29, 1.82) is 0 Å². The molecule has 8 nitrogen and oxygen atoms in total. The maximum Gasteiger partial charge on any atom is 0.257 e. The lowest BCUT2D eigenvalue weighted by molar-refractivity contribution is -0.110. The maximum atomic E-state index is 12.4. The highest BCUT2D eigenvalue weighted by Gasteiger charge is 2.31. The lowest BCUT2D eigenvalue weighted by Gasteiger charge is -2.34. The van der Waals surface area contributed by atoms with E-state index in [2.05, 4.69) is 10.3 Å². The van der Waals surface area contributed by atoms with Crippen LogP contribution < -0.4 is 5.32 Å². The molecule has 1 aromatic heterocycles. The van der Waals surface area contributed by atoms with E-state index in [4.69, 9.17) is 5.10 Å². The zero-order chi connectivity index (χ0) is 25.7. The van der Waals surface area contributed by atoms with Gasteiger partial charge in [-0.2, -0.15) is 5.10 Å². The van der Waals surface area contributed by atoms with Crippen molar-refractivity contribution in [2.24, 2.45) is 5.10 Å². The Morgan fingerprint density at radius 1 is 1.11 bits per heavy atom. The summed E-state index contributed by atoms with van der Waals surface area (Å²) in [6, 6.07) is 17.5. The number of carbonyl (C=O) groups excluding carboxylic acids is 2. The third-order valence-electron chi connectivity index (χ3n) is 5.68. The second-order valence-electron chi connectivity index (χ2n) is 8.33. The summed E-state index contributed by atoms with van der Waals surface area (Å²) in [5.74, 6) is -0.244. The van der Waals surface area contributed by atoms with Crippen molar-refractivity contribution in [3.05, 3.63) is 89.7 Å². The monoisotopic (exact) mass is 522 g/mol. The molecule has 4 rings (SSSR count). The molecule has 1 amide bonds. The fraction of sp³-hybridized carbons (Fsp3) is 0.231. The van der Waals surface area contributed by atoms with Gasteiger partial charge in [-0.15, -0.1) is 11.8 Å². The Morgan fingerprint density at radius 3 is 2.42 bits per heavy atom. The van der Waals surface area contributed by atoms with E-state index in [1.54, 1.807) is 59.7 Å². The summed E-state index contributed by atoms with van der Waals surface area (Å²) < 4.78 is 23.7. The number of hydrogen-bond donors (Lipinski definition) is 1. The zero-order valence-corrected chi connectivity index (χ0v) is 21.5. The van der Waals surface area contributed by atoms with Crippen molar-refractivity contribution in [3.63, 3.8) is 0 Å². The minimum absolute atomic E-state index is 0.00518. The first-order valence-electron chi connectivity index (χ1n) is 11.3. The van der Waals surface area contributed by atoms with Gasteiger partial charge in [0.15, 0.2) is 16.1 Å². The molecule has 1 aliphatic rings. The molecule has 3 aromatic rings. The SMILES string of the molecule is CCC1SC(C=O)N(Cc2ccc(NC(=O)c3cccnc3)cc2)N=C1c1ccc(S(C)(=O)=O)cc1. The number of hydrazone groups is 1. The molecule has 0 fully saturated rings. The van der Waals surface area contributed by atoms with Gasteiger partial charge in [-0.3, -0.25) is 14.8 Å². The van der Waals surface area contributed by atoms with E-state index in [0.717, 1.165) is 29.5 Å². The molecule has 2 unspecified atom stereocenters. The van der Waals surface area contributed by atoms with Gasteiger partial charge in [-0.05, 0) is 53.9 Å². The van der Waals surface area contributed by atoms with Crippen molar-refractivity contribution in [1.82, 2.24) is 9.99 Å². The van der Waals surface area contributed by atoms with Crippen molar-refractivity contribution >= 4 is 45.2 Å². The van der Waals surface area contributed by atoms with E-state index >= 15 is 0 Å². The van der Waals surface area contributed by atoms with Crippen LogP contribution in [-0.2, 0) is 21.2 Å². The highest BCUT2D eigenvalue weighted by atomic mass is 32.2. The Kier molecular flexibility index (Phi) is 7.85.